The van der Waals surface area contributed by atoms with Gasteiger partial charge in [0.05, 0.1) is 0 Å². The minimum atomic E-state index is -0.450. The van der Waals surface area contributed by atoms with Crippen LogP contribution in [0.25, 0.3) is 5.57 Å². The average molecular weight is 314 g/mol. The van der Waals surface area contributed by atoms with Crippen molar-refractivity contribution in [2.75, 3.05) is 0 Å². The zero-order chi connectivity index (χ0) is 18.0. The van der Waals surface area contributed by atoms with Crippen molar-refractivity contribution in [1.29, 1.82) is 0 Å². The highest BCUT2D eigenvalue weighted by atomic mass is 16.1. The molecular formula is C21H30O2. The Morgan fingerprint density at radius 1 is 0.870 bits per heavy atom. The number of carbonyl (C=O) groups is 2. The SMILES string of the molecule is Cc1cc(C)cc(/C(=C\C(=O)C(C)(C)C)CC(=O)C(C)(C)C)c1. The van der Waals surface area contributed by atoms with Gasteiger partial charge in [-0.05, 0) is 31.1 Å². The second-order valence-corrected chi connectivity index (χ2v) is 8.51. The van der Waals surface area contributed by atoms with Crippen LogP contribution in [0.1, 0.15) is 64.7 Å². The molecule has 0 aliphatic heterocycles. The van der Waals surface area contributed by atoms with Crippen LogP contribution in [0.15, 0.2) is 24.3 Å². The van der Waals surface area contributed by atoms with Crippen LogP contribution in [-0.4, -0.2) is 11.6 Å². The molecule has 0 radical (unpaired) electrons. The molecule has 0 aliphatic carbocycles. The topological polar surface area (TPSA) is 34.1 Å². The summed E-state index contributed by atoms with van der Waals surface area (Å²) in [5.74, 6) is 0.193. The lowest BCUT2D eigenvalue weighted by Crippen LogP contribution is -2.22. The molecule has 0 amide bonds. The van der Waals surface area contributed by atoms with Gasteiger partial charge >= 0.3 is 0 Å². The number of allylic oxidation sites excluding steroid dienone is 2. The van der Waals surface area contributed by atoms with Gasteiger partial charge in [0.2, 0.25) is 0 Å². The number of aryl methyl sites for hydroxylation is 2. The van der Waals surface area contributed by atoms with Crippen LogP contribution in [0.2, 0.25) is 0 Å². The molecule has 0 fully saturated rings. The van der Waals surface area contributed by atoms with Crippen molar-refractivity contribution in [3.05, 3.63) is 41.0 Å². The highest BCUT2D eigenvalue weighted by molar-refractivity contribution is 6.04. The first-order valence-electron chi connectivity index (χ1n) is 8.17. The second-order valence-electron chi connectivity index (χ2n) is 8.51. The molecule has 0 unspecified atom stereocenters. The lowest BCUT2D eigenvalue weighted by Gasteiger charge is -2.20. The third kappa shape index (κ3) is 5.78. The Hall–Kier alpha value is -1.70. The molecule has 0 bridgehead atoms. The average Bonchev–Trinajstić information content (AvgIpc) is 2.34. The lowest BCUT2D eigenvalue weighted by molar-refractivity contribution is -0.125. The first kappa shape index (κ1) is 19.3. The second kappa shape index (κ2) is 6.82. The molecule has 23 heavy (non-hydrogen) atoms. The van der Waals surface area contributed by atoms with E-state index in [1.54, 1.807) is 6.08 Å². The van der Waals surface area contributed by atoms with E-state index in [4.69, 9.17) is 0 Å². The van der Waals surface area contributed by atoms with E-state index >= 15 is 0 Å². The molecule has 2 heteroatoms. The van der Waals surface area contributed by atoms with E-state index in [9.17, 15) is 9.59 Å². The van der Waals surface area contributed by atoms with Crippen LogP contribution >= 0.6 is 0 Å². The summed E-state index contributed by atoms with van der Waals surface area (Å²) in [5, 5.41) is 0. The number of benzene rings is 1. The lowest BCUT2D eigenvalue weighted by atomic mass is 9.83. The molecule has 1 aromatic rings. The van der Waals surface area contributed by atoms with Crippen LogP contribution in [-0.2, 0) is 9.59 Å². The van der Waals surface area contributed by atoms with Crippen molar-refractivity contribution in [3.63, 3.8) is 0 Å². The summed E-state index contributed by atoms with van der Waals surface area (Å²) >= 11 is 0. The van der Waals surface area contributed by atoms with Crippen LogP contribution in [0, 0.1) is 24.7 Å². The zero-order valence-corrected chi connectivity index (χ0v) is 15.8. The Kier molecular flexibility index (Phi) is 5.74. The van der Waals surface area contributed by atoms with Crippen molar-refractivity contribution in [2.45, 2.75) is 61.8 Å². The summed E-state index contributed by atoms with van der Waals surface area (Å²) in [5.41, 5.74) is 3.20. The molecule has 0 spiro atoms. The monoisotopic (exact) mass is 314 g/mol. The Labute approximate surface area is 141 Å². The molecule has 0 saturated heterocycles. The quantitative estimate of drug-likeness (QED) is 0.706. The van der Waals surface area contributed by atoms with Crippen LogP contribution < -0.4 is 0 Å². The van der Waals surface area contributed by atoms with E-state index in [2.05, 4.69) is 6.07 Å². The molecule has 126 valence electrons. The first-order chi connectivity index (χ1) is 10.3. The first-order valence-corrected chi connectivity index (χ1v) is 8.17. The summed E-state index contributed by atoms with van der Waals surface area (Å²) in [6, 6.07) is 6.19. The van der Waals surface area contributed by atoms with Gasteiger partial charge < -0.3 is 0 Å². The fraction of sp³-hybridized carbons (Fsp3) is 0.524. The maximum atomic E-state index is 12.5. The molecule has 0 atom stereocenters. The fourth-order valence-corrected chi connectivity index (χ4v) is 2.21. The molecule has 0 heterocycles. The van der Waals surface area contributed by atoms with Crippen molar-refractivity contribution in [1.82, 2.24) is 0 Å². The van der Waals surface area contributed by atoms with Gasteiger partial charge in [-0.15, -0.1) is 0 Å². The molecule has 0 aliphatic rings. The molecule has 1 aromatic carbocycles. The smallest absolute Gasteiger partial charge is 0.161 e. The predicted molar refractivity (Wildman–Crippen MR) is 97.4 cm³/mol. The molecule has 0 aromatic heterocycles. The summed E-state index contributed by atoms with van der Waals surface area (Å²) in [6.45, 7) is 15.5. The Balaban J connectivity index is 3.34. The predicted octanol–water partition coefficient (Wildman–Crippen LogP) is 5.31. The number of carbonyl (C=O) groups excluding carboxylic acids is 2. The third-order valence-electron chi connectivity index (χ3n) is 3.82. The number of rotatable bonds is 4. The molecule has 0 N–H and O–H groups in total. The van der Waals surface area contributed by atoms with Gasteiger partial charge in [0.1, 0.15) is 5.78 Å². The number of ketones is 2. The van der Waals surface area contributed by atoms with E-state index in [1.807, 2.05) is 67.5 Å². The van der Waals surface area contributed by atoms with Crippen molar-refractivity contribution < 1.29 is 9.59 Å². The summed E-state index contributed by atoms with van der Waals surface area (Å²) in [7, 11) is 0. The highest BCUT2D eigenvalue weighted by Crippen LogP contribution is 2.28. The summed E-state index contributed by atoms with van der Waals surface area (Å²) in [4.78, 5) is 25.0. The maximum absolute atomic E-state index is 12.5. The van der Waals surface area contributed by atoms with E-state index in [-0.39, 0.29) is 18.0 Å². The number of hydrogen-bond donors (Lipinski definition) is 0. The van der Waals surface area contributed by atoms with Gasteiger partial charge in [-0.3, -0.25) is 9.59 Å². The van der Waals surface area contributed by atoms with E-state index in [0.717, 1.165) is 22.3 Å². The molecule has 0 saturated carbocycles. The Morgan fingerprint density at radius 2 is 1.35 bits per heavy atom. The van der Waals surface area contributed by atoms with Crippen LogP contribution in [0.5, 0.6) is 0 Å². The minimum absolute atomic E-state index is 0.0494. The van der Waals surface area contributed by atoms with Gasteiger partial charge in [-0.2, -0.15) is 0 Å². The molecule has 1 rings (SSSR count). The molecular weight excluding hydrogens is 284 g/mol. The maximum Gasteiger partial charge on any atom is 0.161 e. The standard InChI is InChI=1S/C21H30O2/c1-14-9-15(2)11-16(10-14)17(12-18(22)20(3,4)5)13-19(23)21(6,7)8/h9-12H,13H2,1-8H3/b17-12-. The summed E-state index contributed by atoms with van der Waals surface area (Å²) in [6.07, 6.45) is 1.95. The van der Waals surface area contributed by atoms with Crippen molar-refractivity contribution in [3.8, 4) is 0 Å². The normalized spacial score (nSPS) is 13.1. The van der Waals surface area contributed by atoms with Gasteiger partial charge in [0.15, 0.2) is 5.78 Å². The van der Waals surface area contributed by atoms with E-state index in [1.165, 1.54) is 0 Å². The van der Waals surface area contributed by atoms with Crippen LogP contribution in [0.3, 0.4) is 0 Å². The summed E-state index contributed by atoms with van der Waals surface area (Å²) < 4.78 is 0. The fourth-order valence-electron chi connectivity index (χ4n) is 2.21. The van der Waals surface area contributed by atoms with Crippen molar-refractivity contribution >= 4 is 17.1 Å². The van der Waals surface area contributed by atoms with Crippen LogP contribution in [0.4, 0.5) is 0 Å². The largest absolute Gasteiger partial charge is 0.299 e. The van der Waals surface area contributed by atoms with Gasteiger partial charge in [0, 0.05) is 17.3 Å². The minimum Gasteiger partial charge on any atom is -0.299 e. The van der Waals surface area contributed by atoms with Crippen molar-refractivity contribution in [2.24, 2.45) is 10.8 Å². The molecule has 2 nitrogen and oxygen atoms in total. The van der Waals surface area contributed by atoms with Gasteiger partial charge in [-0.1, -0.05) is 70.9 Å². The van der Waals surface area contributed by atoms with Gasteiger partial charge in [-0.25, -0.2) is 0 Å². The van der Waals surface area contributed by atoms with E-state index in [0.29, 0.717) is 0 Å². The van der Waals surface area contributed by atoms with Gasteiger partial charge in [0.25, 0.3) is 0 Å². The zero-order valence-electron chi connectivity index (χ0n) is 15.8. The highest BCUT2D eigenvalue weighted by Gasteiger charge is 2.25. The number of hydrogen-bond acceptors (Lipinski definition) is 2. The number of Topliss-reactive ketones (excluding diaryl/α,β-unsaturated/α-hetero) is 1. The Morgan fingerprint density at radius 3 is 1.74 bits per heavy atom. The Bertz CT molecular complexity index is 615. The third-order valence-corrected chi connectivity index (χ3v) is 3.82. The van der Waals surface area contributed by atoms with E-state index < -0.39 is 10.8 Å².